The van der Waals surface area contributed by atoms with Gasteiger partial charge in [0.05, 0.1) is 18.8 Å². The topological polar surface area (TPSA) is 76.4 Å². The lowest BCUT2D eigenvalue weighted by Crippen LogP contribution is -2.10. The smallest absolute Gasteiger partial charge is 0.339 e. The molecule has 0 unspecified atom stereocenters. The van der Waals surface area contributed by atoms with Crippen LogP contribution >= 0.6 is 11.6 Å². The Labute approximate surface area is 180 Å². The first-order chi connectivity index (χ1) is 14.3. The maximum Gasteiger partial charge on any atom is 0.339 e. The summed E-state index contributed by atoms with van der Waals surface area (Å²) in [7, 11) is -2.60. The summed E-state index contributed by atoms with van der Waals surface area (Å²) in [5.41, 5.74) is 2.73. The molecule has 0 spiro atoms. The third-order valence-corrected chi connectivity index (χ3v) is 5.78. The molecule has 0 aromatic heterocycles. The van der Waals surface area contributed by atoms with E-state index in [1.807, 2.05) is 6.92 Å². The standard InChI is InChI=1S/C23H18ClNO4S/c1-16-3-10-21(11-4-16)30(26,27)29-22-12-5-17(14-23(22)28-2)13-19(15-25)18-6-8-20(24)9-7-18/h3-14H,1-2H3/b19-13+. The van der Waals surface area contributed by atoms with Crippen molar-refractivity contribution in [2.75, 3.05) is 7.11 Å². The molecule has 0 aliphatic rings. The highest BCUT2D eigenvalue weighted by atomic mass is 35.5. The summed E-state index contributed by atoms with van der Waals surface area (Å²) >= 11 is 5.90. The first-order valence-corrected chi connectivity index (χ1v) is 10.7. The summed E-state index contributed by atoms with van der Waals surface area (Å²) in [6.45, 7) is 1.87. The third-order valence-electron chi connectivity index (χ3n) is 4.28. The molecule has 0 bridgehead atoms. The monoisotopic (exact) mass is 439 g/mol. The highest BCUT2D eigenvalue weighted by Gasteiger charge is 2.19. The van der Waals surface area contributed by atoms with Crippen LogP contribution < -0.4 is 8.92 Å². The fourth-order valence-corrected chi connectivity index (χ4v) is 3.76. The van der Waals surface area contributed by atoms with E-state index in [2.05, 4.69) is 6.07 Å². The molecular weight excluding hydrogens is 422 g/mol. The molecule has 0 amide bonds. The van der Waals surface area contributed by atoms with Crippen LogP contribution in [-0.4, -0.2) is 15.5 Å². The van der Waals surface area contributed by atoms with Crippen LogP contribution in [0.15, 0.2) is 71.6 Å². The number of nitrogens with zero attached hydrogens (tertiary/aromatic N) is 1. The van der Waals surface area contributed by atoms with Gasteiger partial charge in [-0.3, -0.25) is 0 Å². The summed E-state index contributed by atoms with van der Waals surface area (Å²) in [6, 6.07) is 20.2. The van der Waals surface area contributed by atoms with Gasteiger partial charge in [0.15, 0.2) is 11.5 Å². The lowest BCUT2D eigenvalue weighted by molar-refractivity contribution is 0.390. The lowest BCUT2D eigenvalue weighted by atomic mass is 10.0. The van der Waals surface area contributed by atoms with Gasteiger partial charge in [0.1, 0.15) is 4.90 Å². The number of ether oxygens (including phenoxy) is 1. The Morgan fingerprint density at radius 2 is 1.67 bits per heavy atom. The van der Waals surface area contributed by atoms with Crippen molar-refractivity contribution in [3.63, 3.8) is 0 Å². The molecule has 0 heterocycles. The Bertz CT molecular complexity index is 1230. The second-order valence-electron chi connectivity index (χ2n) is 6.44. The minimum atomic E-state index is -4.01. The number of rotatable bonds is 6. The van der Waals surface area contributed by atoms with Crippen molar-refractivity contribution in [3.8, 4) is 17.6 Å². The van der Waals surface area contributed by atoms with E-state index in [-0.39, 0.29) is 16.4 Å². The molecule has 30 heavy (non-hydrogen) atoms. The first kappa shape index (κ1) is 21.4. The molecule has 3 aromatic carbocycles. The van der Waals surface area contributed by atoms with Gasteiger partial charge in [0, 0.05) is 5.02 Å². The van der Waals surface area contributed by atoms with E-state index in [9.17, 15) is 13.7 Å². The maximum atomic E-state index is 12.6. The van der Waals surface area contributed by atoms with Crippen molar-refractivity contribution in [2.24, 2.45) is 0 Å². The van der Waals surface area contributed by atoms with Crippen molar-refractivity contribution in [2.45, 2.75) is 11.8 Å². The van der Waals surface area contributed by atoms with Gasteiger partial charge in [-0.15, -0.1) is 0 Å². The van der Waals surface area contributed by atoms with Crippen molar-refractivity contribution >= 4 is 33.4 Å². The highest BCUT2D eigenvalue weighted by Crippen LogP contribution is 2.32. The van der Waals surface area contributed by atoms with Gasteiger partial charge in [-0.25, -0.2) is 0 Å². The molecule has 0 aliphatic carbocycles. The predicted octanol–water partition coefficient (Wildman–Crippen LogP) is 5.49. The SMILES string of the molecule is COc1cc(/C=C(\C#N)c2ccc(Cl)cc2)ccc1OS(=O)(=O)c1ccc(C)cc1. The average molecular weight is 440 g/mol. The molecule has 0 atom stereocenters. The fourth-order valence-electron chi connectivity index (χ4n) is 2.69. The second-order valence-corrected chi connectivity index (χ2v) is 8.42. The number of nitriles is 1. The summed E-state index contributed by atoms with van der Waals surface area (Å²) in [5, 5.41) is 10.1. The van der Waals surface area contributed by atoms with Gasteiger partial charge in [0.25, 0.3) is 0 Å². The highest BCUT2D eigenvalue weighted by molar-refractivity contribution is 7.87. The van der Waals surface area contributed by atoms with Crippen LogP contribution in [0, 0.1) is 18.3 Å². The molecule has 152 valence electrons. The summed E-state index contributed by atoms with van der Waals surface area (Å²) < 4.78 is 35.7. The molecule has 0 fully saturated rings. The van der Waals surface area contributed by atoms with E-state index in [1.165, 1.54) is 25.3 Å². The fraction of sp³-hybridized carbons (Fsp3) is 0.0870. The average Bonchev–Trinajstić information content (AvgIpc) is 2.73. The zero-order chi connectivity index (χ0) is 21.7. The molecule has 7 heteroatoms. The van der Waals surface area contributed by atoms with E-state index >= 15 is 0 Å². The molecule has 0 aliphatic heterocycles. The lowest BCUT2D eigenvalue weighted by Gasteiger charge is -2.12. The van der Waals surface area contributed by atoms with E-state index in [0.717, 1.165) is 5.56 Å². The normalized spacial score (nSPS) is 11.6. The summed E-state index contributed by atoms with van der Waals surface area (Å²) in [5.74, 6) is 0.285. The van der Waals surface area contributed by atoms with Crippen LogP contribution in [0.2, 0.25) is 5.02 Å². The minimum absolute atomic E-state index is 0.0497. The van der Waals surface area contributed by atoms with E-state index in [4.69, 9.17) is 20.5 Å². The summed E-state index contributed by atoms with van der Waals surface area (Å²) in [4.78, 5) is 0.0497. The first-order valence-electron chi connectivity index (χ1n) is 8.89. The summed E-state index contributed by atoms with van der Waals surface area (Å²) in [6.07, 6.45) is 1.67. The number of hydrogen-bond donors (Lipinski definition) is 0. The number of aryl methyl sites for hydroxylation is 1. The zero-order valence-corrected chi connectivity index (χ0v) is 17.9. The van der Waals surface area contributed by atoms with Crippen molar-refractivity contribution in [3.05, 3.63) is 88.4 Å². The zero-order valence-electron chi connectivity index (χ0n) is 16.3. The van der Waals surface area contributed by atoms with Gasteiger partial charge < -0.3 is 8.92 Å². The third kappa shape index (κ3) is 5.01. The van der Waals surface area contributed by atoms with E-state index < -0.39 is 10.1 Å². The molecular formula is C23H18ClNO4S. The molecule has 0 radical (unpaired) electrons. The van der Waals surface area contributed by atoms with Gasteiger partial charge in [-0.2, -0.15) is 13.7 Å². The van der Waals surface area contributed by atoms with Gasteiger partial charge in [-0.05, 0) is 60.5 Å². The number of hydrogen-bond acceptors (Lipinski definition) is 5. The largest absolute Gasteiger partial charge is 0.493 e. The molecule has 0 saturated carbocycles. The second kappa shape index (κ2) is 9.04. The Morgan fingerprint density at radius 1 is 1.00 bits per heavy atom. The maximum absolute atomic E-state index is 12.6. The number of halogens is 1. The Balaban J connectivity index is 1.92. The Morgan fingerprint density at radius 3 is 2.27 bits per heavy atom. The van der Waals surface area contributed by atoms with Gasteiger partial charge in [0.2, 0.25) is 0 Å². The van der Waals surface area contributed by atoms with Crippen LogP contribution in [0.5, 0.6) is 11.5 Å². The van der Waals surface area contributed by atoms with E-state index in [0.29, 0.717) is 21.7 Å². The number of methoxy groups -OCH3 is 1. The Kier molecular flexibility index (Phi) is 6.46. The van der Waals surface area contributed by atoms with E-state index in [1.54, 1.807) is 54.6 Å². The predicted molar refractivity (Wildman–Crippen MR) is 117 cm³/mol. The quantitative estimate of drug-likeness (QED) is 0.288. The molecule has 3 rings (SSSR count). The molecule has 0 N–H and O–H groups in total. The van der Waals surface area contributed by atoms with Crippen LogP contribution in [0.25, 0.3) is 11.6 Å². The minimum Gasteiger partial charge on any atom is -0.493 e. The molecule has 3 aromatic rings. The molecule has 0 saturated heterocycles. The van der Waals surface area contributed by atoms with Crippen LogP contribution in [0.1, 0.15) is 16.7 Å². The Hall–Kier alpha value is -3.27. The number of allylic oxidation sites excluding steroid dienone is 1. The van der Waals surface area contributed by atoms with Gasteiger partial charge >= 0.3 is 10.1 Å². The van der Waals surface area contributed by atoms with Crippen LogP contribution in [0.4, 0.5) is 0 Å². The van der Waals surface area contributed by atoms with Crippen molar-refractivity contribution < 1.29 is 17.3 Å². The van der Waals surface area contributed by atoms with Crippen molar-refractivity contribution in [1.29, 1.82) is 5.26 Å². The molecule has 5 nitrogen and oxygen atoms in total. The van der Waals surface area contributed by atoms with Crippen molar-refractivity contribution in [1.82, 2.24) is 0 Å². The van der Waals surface area contributed by atoms with Crippen LogP contribution in [0.3, 0.4) is 0 Å². The van der Waals surface area contributed by atoms with Crippen LogP contribution in [-0.2, 0) is 10.1 Å². The number of benzene rings is 3. The van der Waals surface area contributed by atoms with Gasteiger partial charge in [-0.1, -0.05) is 47.5 Å².